The van der Waals surface area contributed by atoms with Gasteiger partial charge in [-0.1, -0.05) is 0 Å². The summed E-state index contributed by atoms with van der Waals surface area (Å²) in [7, 11) is 0. The molecule has 0 heterocycles. The monoisotopic (exact) mass is 109 g/mol. The Bertz CT molecular complexity index is 71.2. The fraction of sp³-hybridized carbons (Fsp3) is 1.00. The normalized spacial score (nSPS) is 55.5. The van der Waals surface area contributed by atoms with Gasteiger partial charge in [0.1, 0.15) is 6.17 Å². The Morgan fingerprint density at radius 1 is 1.83 bits per heavy atom. The fourth-order valence-corrected chi connectivity index (χ4v) is 0.332. The molecule has 1 aliphatic carbocycles. The molecule has 2 unspecified atom stereocenters. The van der Waals surface area contributed by atoms with E-state index in [2.05, 4.69) is 12.6 Å². The van der Waals surface area contributed by atoms with Crippen LogP contribution in [0.1, 0.15) is 6.42 Å². The molecule has 0 aromatic carbocycles. The molecule has 0 saturated heterocycles. The minimum atomic E-state index is -1.87. The molecule has 0 amide bonds. The van der Waals surface area contributed by atoms with Gasteiger partial charge in [-0.25, -0.2) is 8.78 Å². The molecule has 0 aromatic rings. The quantitative estimate of drug-likeness (QED) is 0.443. The maximum absolute atomic E-state index is 11.6. The lowest BCUT2D eigenvalue weighted by Gasteiger charge is -1.81. The molecule has 1 fully saturated rings. The van der Waals surface area contributed by atoms with E-state index in [0.717, 1.165) is 0 Å². The van der Waals surface area contributed by atoms with Crippen LogP contribution in [0.4, 0.5) is 8.78 Å². The lowest BCUT2D eigenvalue weighted by atomic mass is 10.9. The van der Waals surface area contributed by atoms with Crippen LogP contribution in [0.3, 0.4) is 0 Å². The van der Waals surface area contributed by atoms with Crippen LogP contribution in [0, 0.1) is 0 Å². The van der Waals surface area contributed by atoms with Crippen LogP contribution in [0.15, 0.2) is 0 Å². The Labute approximate surface area is 39.9 Å². The highest BCUT2D eigenvalue weighted by atomic mass is 32.1. The summed E-state index contributed by atoms with van der Waals surface area (Å²) in [5, 5.41) is -1.87. The first-order valence-corrected chi connectivity index (χ1v) is 2.07. The van der Waals surface area contributed by atoms with Crippen LogP contribution in [-0.2, 0) is 0 Å². The third-order valence-corrected chi connectivity index (χ3v) is 1.19. The molecule has 1 saturated carbocycles. The number of hydrogen-bond acceptors (Lipinski definition) is 0. The van der Waals surface area contributed by atoms with Gasteiger partial charge in [0, 0.05) is 6.42 Å². The maximum atomic E-state index is 11.6. The van der Waals surface area contributed by atoms with Gasteiger partial charge in [0.25, 0.3) is 0 Å². The van der Waals surface area contributed by atoms with Crippen molar-refractivity contribution < 1.29 is 8.78 Å². The standard InChI is InChI=1S/C3H3F2S/c4-2-1-3(2,5)6/h2H,1H2. The molecule has 1 radical (unpaired) electrons. The van der Waals surface area contributed by atoms with Gasteiger partial charge >= 0.3 is 0 Å². The SMILES string of the molecule is FC1CC1(F)[S]. The maximum Gasteiger partial charge on any atom is 0.200 e. The topological polar surface area (TPSA) is 0 Å². The van der Waals surface area contributed by atoms with Crippen LogP contribution < -0.4 is 0 Å². The van der Waals surface area contributed by atoms with Gasteiger partial charge < -0.3 is 0 Å². The molecule has 2 atom stereocenters. The van der Waals surface area contributed by atoms with Gasteiger partial charge in [-0.15, -0.1) is 0 Å². The predicted octanol–water partition coefficient (Wildman–Crippen LogP) is 1.59. The average Bonchev–Trinajstić information content (AvgIpc) is 1.73. The summed E-state index contributed by atoms with van der Waals surface area (Å²) >= 11 is 4.02. The Morgan fingerprint density at radius 3 is 2.00 bits per heavy atom. The van der Waals surface area contributed by atoms with Gasteiger partial charge in [0.15, 0.2) is 5.00 Å². The molecule has 0 spiro atoms. The van der Waals surface area contributed by atoms with Crippen LogP contribution in [0.25, 0.3) is 0 Å². The van der Waals surface area contributed by atoms with E-state index in [9.17, 15) is 8.78 Å². The molecular weight excluding hydrogens is 106 g/mol. The second-order valence-electron chi connectivity index (χ2n) is 1.46. The lowest BCUT2D eigenvalue weighted by Crippen LogP contribution is -1.88. The summed E-state index contributed by atoms with van der Waals surface area (Å²) in [6.07, 6.45) is -1.44. The molecule has 1 rings (SSSR count). The number of alkyl halides is 2. The smallest absolute Gasteiger partial charge is 0.200 e. The summed E-state index contributed by atoms with van der Waals surface area (Å²) < 4.78 is 23.0. The minimum absolute atomic E-state index is 0.0810. The summed E-state index contributed by atoms with van der Waals surface area (Å²) in [6, 6.07) is 0. The molecule has 1 aliphatic rings. The van der Waals surface area contributed by atoms with E-state index >= 15 is 0 Å². The first-order valence-electron chi connectivity index (χ1n) is 1.66. The van der Waals surface area contributed by atoms with Crippen molar-refractivity contribution in [1.29, 1.82) is 0 Å². The van der Waals surface area contributed by atoms with Gasteiger partial charge in [0.2, 0.25) is 0 Å². The molecule has 6 heavy (non-hydrogen) atoms. The van der Waals surface area contributed by atoms with Gasteiger partial charge in [-0.05, 0) is 12.6 Å². The van der Waals surface area contributed by atoms with E-state index in [0.29, 0.717) is 0 Å². The Morgan fingerprint density at radius 2 is 2.00 bits per heavy atom. The molecule has 0 N–H and O–H groups in total. The summed E-state index contributed by atoms with van der Waals surface area (Å²) in [6.45, 7) is 0. The summed E-state index contributed by atoms with van der Waals surface area (Å²) in [5.74, 6) is 0. The largest absolute Gasteiger partial charge is 0.243 e. The highest BCUT2D eigenvalue weighted by Gasteiger charge is 2.54. The molecular formula is C3H3F2S. The van der Waals surface area contributed by atoms with E-state index in [-0.39, 0.29) is 6.42 Å². The van der Waals surface area contributed by atoms with E-state index in [1.807, 2.05) is 0 Å². The zero-order valence-corrected chi connectivity index (χ0v) is 3.77. The summed E-state index contributed by atoms with van der Waals surface area (Å²) in [5.41, 5.74) is 0. The number of hydrogen-bond donors (Lipinski definition) is 0. The van der Waals surface area contributed by atoms with Crippen molar-refractivity contribution in [1.82, 2.24) is 0 Å². The third-order valence-electron chi connectivity index (χ3n) is 0.765. The first kappa shape index (κ1) is 4.37. The van der Waals surface area contributed by atoms with Gasteiger partial charge in [-0.2, -0.15) is 0 Å². The minimum Gasteiger partial charge on any atom is -0.243 e. The second-order valence-corrected chi connectivity index (χ2v) is 2.14. The zero-order valence-electron chi connectivity index (χ0n) is 2.95. The van der Waals surface area contributed by atoms with Gasteiger partial charge in [0.05, 0.1) is 0 Å². The van der Waals surface area contributed by atoms with Crippen molar-refractivity contribution in [3.63, 3.8) is 0 Å². The first-order chi connectivity index (χ1) is 2.63. The Kier molecular flexibility index (Phi) is 0.645. The summed E-state index contributed by atoms with van der Waals surface area (Å²) in [4.78, 5) is 0. The molecule has 0 aromatic heterocycles. The van der Waals surface area contributed by atoms with Crippen molar-refractivity contribution in [2.75, 3.05) is 0 Å². The Hall–Kier alpha value is 0.210. The van der Waals surface area contributed by atoms with Crippen LogP contribution in [0.5, 0.6) is 0 Å². The second kappa shape index (κ2) is 0.886. The third kappa shape index (κ3) is 0.511. The molecule has 0 nitrogen and oxygen atoms in total. The van der Waals surface area contributed by atoms with E-state index in [1.165, 1.54) is 0 Å². The van der Waals surface area contributed by atoms with Gasteiger partial charge in [-0.3, -0.25) is 0 Å². The molecule has 3 heteroatoms. The number of rotatable bonds is 0. The van der Waals surface area contributed by atoms with Crippen LogP contribution >= 0.6 is 12.6 Å². The lowest BCUT2D eigenvalue weighted by molar-refractivity contribution is 0.346. The molecule has 35 valence electrons. The van der Waals surface area contributed by atoms with Crippen molar-refractivity contribution in [3.8, 4) is 0 Å². The molecule has 0 bridgehead atoms. The zero-order chi connectivity index (χ0) is 4.78. The van der Waals surface area contributed by atoms with Crippen molar-refractivity contribution >= 4 is 12.6 Å². The average molecular weight is 109 g/mol. The van der Waals surface area contributed by atoms with E-state index in [4.69, 9.17) is 0 Å². The van der Waals surface area contributed by atoms with Crippen molar-refractivity contribution in [2.45, 2.75) is 17.6 Å². The van der Waals surface area contributed by atoms with E-state index < -0.39 is 11.2 Å². The number of halogens is 2. The highest BCUT2D eigenvalue weighted by molar-refractivity contribution is 7.82. The van der Waals surface area contributed by atoms with Crippen molar-refractivity contribution in [3.05, 3.63) is 0 Å². The highest BCUT2D eigenvalue weighted by Crippen LogP contribution is 2.46. The van der Waals surface area contributed by atoms with Crippen LogP contribution in [-0.4, -0.2) is 11.2 Å². The van der Waals surface area contributed by atoms with Crippen molar-refractivity contribution in [2.24, 2.45) is 0 Å². The molecule has 0 aliphatic heterocycles. The van der Waals surface area contributed by atoms with E-state index in [1.54, 1.807) is 0 Å². The fourth-order valence-electron chi connectivity index (χ4n) is 0.185. The Balaban J connectivity index is 2.41. The predicted molar refractivity (Wildman–Crippen MR) is 20.9 cm³/mol. The van der Waals surface area contributed by atoms with Crippen LogP contribution in [0.2, 0.25) is 0 Å².